The molecule has 2 amide bonds. The van der Waals surface area contributed by atoms with Crippen LogP contribution in [0.4, 0.5) is 0 Å². The highest BCUT2D eigenvalue weighted by molar-refractivity contribution is 5.97. The van der Waals surface area contributed by atoms with Crippen molar-refractivity contribution in [3.63, 3.8) is 0 Å². The lowest BCUT2D eigenvalue weighted by atomic mass is 10.1. The summed E-state index contributed by atoms with van der Waals surface area (Å²) in [4.78, 5) is 25.3. The van der Waals surface area contributed by atoms with E-state index in [1.54, 1.807) is 0 Å². The van der Waals surface area contributed by atoms with E-state index in [1.165, 1.54) is 17.3 Å². The second-order valence-corrected chi connectivity index (χ2v) is 6.45. The minimum atomic E-state index is -0.386. The van der Waals surface area contributed by atoms with Gasteiger partial charge in [-0.3, -0.25) is 9.59 Å². The van der Waals surface area contributed by atoms with E-state index in [0.29, 0.717) is 32.5 Å². The van der Waals surface area contributed by atoms with E-state index in [-0.39, 0.29) is 17.4 Å². The van der Waals surface area contributed by atoms with Gasteiger partial charge in [0.1, 0.15) is 11.6 Å². The summed E-state index contributed by atoms with van der Waals surface area (Å²) < 4.78 is 0. The second-order valence-electron chi connectivity index (χ2n) is 6.45. The van der Waals surface area contributed by atoms with Crippen LogP contribution in [0.25, 0.3) is 0 Å². The van der Waals surface area contributed by atoms with E-state index in [0.717, 1.165) is 19.4 Å². The molecule has 0 aliphatic carbocycles. The molecule has 6 heteroatoms. The van der Waals surface area contributed by atoms with Gasteiger partial charge < -0.3 is 15.5 Å². The Bertz CT molecular complexity index is 689. The van der Waals surface area contributed by atoms with Crippen molar-refractivity contribution in [3.05, 3.63) is 47.2 Å². The van der Waals surface area contributed by atoms with Gasteiger partial charge in [-0.25, -0.2) is 0 Å². The Labute approximate surface area is 154 Å². The van der Waals surface area contributed by atoms with Crippen LogP contribution >= 0.6 is 0 Å². The lowest BCUT2D eigenvalue weighted by Gasteiger charge is -2.15. The normalized spacial score (nSPS) is 14.2. The van der Waals surface area contributed by atoms with Crippen LogP contribution in [0.1, 0.15) is 30.4 Å². The molecule has 2 rings (SSSR count). The van der Waals surface area contributed by atoms with Gasteiger partial charge in [-0.2, -0.15) is 5.26 Å². The molecular formula is C20H26N4O2. The number of nitrogens with zero attached hydrogens (tertiary/aromatic N) is 2. The fourth-order valence-corrected chi connectivity index (χ4v) is 2.80. The summed E-state index contributed by atoms with van der Waals surface area (Å²) in [5.74, 6) is -0.199. The topological polar surface area (TPSA) is 85.2 Å². The molecule has 6 nitrogen and oxygen atoms in total. The Morgan fingerprint density at radius 3 is 2.73 bits per heavy atom. The van der Waals surface area contributed by atoms with E-state index in [1.807, 2.05) is 17.9 Å². The van der Waals surface area contributed by atoms with E-state index >= 15 is 0 Å². The minimum Gasteiger partial charge on any atom is -0.389 e. The number of aryl methyl sites for hydroxylation is 1. The molecule has 138 valence electrons. The predicted octanol–water partition coefficient (Wildman–Crippen LogP) is 1.66. The zero-order valence-electron chi connectivity index (χ0n) is 15.3. The van der Waals surface area contributed by atoms with Crippen LogP contribution in [-0.4, -0.2) is 42.9 Å². The summed E-state index contributed by atoms with van der Waals surface area (Å²) in [6.45, 7) is 4.61. The van der Waals surface area contributed by atoms with Gasteiger partial charge in [-0.05, 0) is 31.7 Å². The molecule has 0 bridgehead atoms. The fourth-order valence-electron chi connectivity index (χ4n) is 2.80. The first-order chi connectivity index (χ1) is 12.6. The minimum absolute atomic E-state index is 0.0613. The zero-order chi connectivity index (χ0) is 18.8. The lowest BCUT2D eigenvalue weighted by Crippen LogP contribution is -2.31. The first kappa shape index (κ1) is 19.5. The highest BCUT2D eigenvalue weighted by atomic mass is 16.2. The van der Waals surface area contributed by atoms with Gasteiger partial charge in [0, 0.05) is 38.8 Å². The monoisotopic (exact) mass is 354 g/mol. The molecule has 0 saturated carbocycles. The van der Waals surface area contributed by atoms with Crippen molar-refractivity contribution in [3.8, 4) is 6.07 Å². The van der Waals surface area contributed by atoms with Gasteiger partial charge in [0.05, 0.1) is 0 Å². The molecule has 1 aromatic carbocycles. The number of likely N-dealkylation sites (tertiary alicyclic amines) is 1. The average Bonchev–Trinajstić information content (AvgIpc) is 3.05. The summed E-state index contributed by atoms with van der Waals surface area (Å²) in [5.41, 5.74) is 2.49. The Morgan fingerprint density at radius 2 is 2.08 bits per heavy atom. The molecule has 1 heterocycles. The molecule has 0 aromatic heterocycles. The number of carbonyl (C=O) groups is 2. The van der Waals surface area contributed by atoms with Crippen LogP contribution in [0.3, 0.4) is 0 Å². The summed E-state index contributed by atoms with van der Waals surface area (Å²) >= 11 is 0. The van der Waals surface area contributed by atoms with Gasteiger partial charge in [-0.15, -0.1) is 0 Å². The maximum Gasteiger partial charge on any atom is 0.263 e. The highest BCUT2D eigenvalue weighted by Crippen LogP contribution is 2.09. The fraction of sp³-hybridized carbons (Fsp3) is 0.450. The summed E-state index contributed by atoms with van der Waals surface area (Å²) in [5, 5.41) is 14.9. The molecule has 0 spiro atoms. The number of hydrogen-bond acceptors (Lipinski definition) is 4. The Kier molecular flexibility index (Phi) is 7.69. The number of benzene rings is 1. The third kappa shape index (κ3) is 6.25. The number of hydrogen-bond donors (Lipinski definition) is 2. The standard InChI is InChI=1S/C20H26N4O2/c1-16-5-7-17(8-6-16)9-11-22-15-18(14-21)20(26)23-10-3-13-24-12-2-4-19(24)25/h5-8,15,22H,2-4,9-13H2,1H3,(H,23,26)/b18-15-. The number of nitriles is 1. The van der Waals surface area contributed by atoms with Crippen LogP contribution in [0.2, 0.25) is 0 Å². The van der Waals surface area contributed by atoms with Crippen LogP contribution in [0.5, 0.6) is 0 Å². The van der Waals surface area contributed by atoms with Crippen LogP contribution in [-0.2, 0) is 16.0 Å². The quantitative estimate of drug-likeness (QED) is 0.401. The zero-order valence-corrected chi connectivity index (χ0v) is 15.3. The molecular weight excluding hydrogens is 328 g/mol. The molecule has 26 heavy (non-hydrogen) atoms. The second kappa shape index (κ2) is 10.2. The summed E-state index contributed by atoms with van der Waals surface area (Å²) in [6, 6.07) is 10.2. The molecule has 0 atom stereocenters. The number of amides is 2. The van der Waals surface area contributed by atoms with E-state index in [9.17, 15) is 9.59 Å². The van der Waals surface area contributed by atoms with Gasteiger partial charge in [0.15, 0.2) is 0 Å². The number of nitrogens with one attached hydrogen (secondary N) is 2. The third-order valence-corrected chi connectivity index (χ3v) is 4.35. The molecule has 1 aliphatic heterocycles. The Balaban J connectivity index is 1.66. The van der Waals surface area contributed by atoms with Gasteiger partial charge in [0.2, 0.25) is 5.91 Å². The number of rotatable bonds is 9. The highest BCUT2D eigenvalue weighted by Gasteiger charge is 2.19. The maximum atomic E-state index is 12.0. The average molecular weight is 354 g/mol. The van der Waals surface area contributed by atoms with Crippen LogP contribution in [0.15, 0.2) is 36.0 Å². The molecule has 0 unspecified atom stereocenters. The van der Waals surface area contributed by atoms with Crippen molar-refractivity contribution in [1.29, 1.82) is 5.26 Å². The van der Waals surface area contributed by atoms with Crippen molar-refractivity contribution in [2.24, 2.45) is 0 Å². The molecule has 0 radical (unpaired) electrons. The maximum absolute atomic E-state index is 12.0. The molecule has 1 saturated heterocycles. The molecule has 1 fully saturated rings. The van der Waals surface area contributed by atoms with Crippen molar-refractivity contribution >= 4 is 11.8 Å². The van der Waals surface area contributed by atoms with Gasteiger partial charge in [-0.1, -0.05) is 29.8 Å². The smallest absolute Gasteiger partial charge is 0.263 e. The predicted molar refractivity (Wildman–Crippen MR) is 100 cm³/mol. The Morgan fingerprint density at radius 1 is 1.31 bits per heavy atom. The van der Waals surface area contributed by atoms with Crippen molar-refractivity contribution in [1.82, 2.24) is 15.5 Å². The van der Waals surface area contributed by atoms with Crippen LogP contribution in [0, 0.1) is 18.3 Å². The molecule has 1 aromatic rings. The van der Waals surface area contributed by atoms with E-state index in [2.05, 4.69) is 34.9 Å². The largest absolute Gasteiger partial charge is 0.389 e. The van der Waals surface area contributed by atoms with Crippen molar-refractivity contribution in [2.45, 2.75) is 32.6 Å². The van der Waals surface area contributed by atoms with Gasteiger partial charge >= 0.3 is 0 Å². The first-order valence-corrected chi connectivity index (χ1v) is 9.05. The molecule has 1 aliphatic rings. The SMILES string of the molecule is Cc1ccc(CCN/C=C(/C#N)C(=O)NCCCN2CCCC2=O)cc1. The van der Waals surface area contributed by atoms with Crippen molar-refractivity contribution in [2.75, 3.05) is 26.2 Å². The lowest BCUT2D eigenvalue weighted by molar-refractivity contribution is -0.127. The van der Waals surface area contributed by atoms with Crippen LogP contribution < -0.4 is 10.6 Å². The summed E-state index contributed by atoms with van der Waals surface area (Å²) in [6.07, 6.45) is 4.52. The number of carbonyl (C=O) groups excluding carboxylic acids is 2. The van der Waals surface area contributed by atoms with Crippen molar-refractivity contribution < 1.29 is 9.59 Å². The molecule has 2 N–H and O–H groups in total. The Hall–Kier alpha value is -2.81. The van der Waals surface area contributed by atoms with E-state index < -0.39 is 0 Å². The first-order valence-electron chi connectivity index (χ1n) is 9.05. The van der Waals surface area contributed by atoms with E-state index in [4.69, 9.17) is 5.26 Å². The summed E-state index contributed by atoms with van der Waals surface area (Å²) in [7, 11) is 0. The van der Waals surface area contributed by atoms with Gasteiger partial charge in [0.25, 0.3) is 5.91 Å². The third-order valence-electron chi connectivity index (χ3n) is 4.35.